The summed E-state index contributed by atoms with van der Waals surface area (Å²) in [6.45, 7) is 3.85. The molecule has 116 valence electrons. The number of carbonyl (C=O) groups is 1. The van der Waals surface area contributed by atoms with E-state index in [4.69, 9.17) is 16.0 Å². The molecule has 1 aliphatic rings. The molecule has 1 aromatic heterocycles. The van der Waals surface area contributed by atoms with E-state index in [1.54, 1.807) is 11.8 Å². The van der Waals surface area contributed by atoms with Crippen LogP contribution in [0.3, 0.4) is 0 Å². The molecule has 0 saturated carbocycles. The van der Waals surface area contributed by atoms with Crippen molar-refractivity contribution in [2.45, 2.75) is 30.0 Å². The van der Waals surface area contributed by atoms with Gasteiger partial charge in [-0.15, -0.1) is 11.8 Å². The van der Waals surface area contributed by atoms with Crippen molar-refractivity contribution in [3.63, 3.8) is 0 Å². The van der Waals surface area contributed by atoms with E-state index in [9.17, 15) is 9.90 Å². The molecule has 1 aromatic carbocycles. The van der Waals surface area contributed by atoms with Crippen molar-refractivity contribution < 1.29 is 14.3 Å². The lowest BCUT2D eigenvalue weighted by Crippen LogP contribution is -2.43. The Hall–Kier alpha value is -1.43. The maximum atomic E-state index is 11.3. The summed E-state index contributed by atoms with van der Waals surface area (Å²) >= 11 is 7.45. The Kier molecular flexibility index (Phi) is 3.97. The van der Waals surface area contributed by atoms with Gasteiger partial charge in [-0.1, -0.05) is 11.6 Å². The second kappa shape index (κ2) is 5.65. The summed E-state index contributed by atoms with van der Waals surface area (Å²) < 4.78 is 5.50. The zero-order valence-corrected chi connectivity index (χ0v) is 13.7. The van der Waals surface area contributed by atoms with E-state index in [1.807, 2.05) is 50.2 Å². The molecular formula is C16H16ClNO3S. The van der Waals surface area contributed by atoms with Crippen molar-refractivity contribution in [1.29, 1.82) is 0 Å². The molecule has 2 heterocycles. The number of hydrogen-bond acceptors (Lipinski definition) is 4. The molecule has 1 saturated heterocycles. The maximum absolute atomic E-state index is 11.3. The van der Waals surface area contributed by atoms with Gasteiger partial charge in [-0.05, 0) is 50.2 Å². The van der Waals surface area contributed by atoms with Gasteiger partial charge in [0.05, 0.1) is 0 Å². The third-order valence-electron chi connectivity index (χ3n) is 3.70. The Labute approximate surface area is 137 Å². The average Bonchev–Trinajstić information content (AvgIpc) is 3.03. The van der Waals surface area contributed by atoms with Crippen LogP contribution in [0.2, 0.25) is 5.02 Å². The van der Waals surface area contributed by atoms with E-state index < -0.39 is 16.8 Å². The van der Waals surface area contributed by atoms with Crippen LogP contribution in [0.5, 0.6) is 0 Å². The molecule has 1 aliphatic heterocycles. The number of carboxylic acid groups (broad SMARTS) is 1. The summed E-state index contributed by atoms with van der Waals surface area (Å²) in [6.07, 6.45) is 0. The fourth-order valence-electron chi connectivity index (χ4n) is 2.53. The molecule has 3 rings (SSSR count). The van der Waals surface area contributed by atoms with E-state index in [0.29, 0.717) is 5.02 Å². The van der Waals surface area contributed by atoms with Crippen LogP contribution in [0.25, 0.3) is 11.3 Å². The monoisotopic (exact) mass is 337 g/mol. The first-order valence-corrected chi connectivity index (χ1v) is 8.15. The second-order valence-corrected chi connectivity index (χ2v) is 7.94. The molecule has 2 unspecified atom stereocenters. The molecular weight excluding hydrogens is 322 g/mol. The normalized spacial score (nSPS) is 23.6. The Morgan fingerprint density at radius 2 is 1.95 bits per heavy atom. The number of halogens is 1. The highest BCUT2D eigenvalue weighted by Gasteiger charge is 2.46. The first-order chi connectivity index (χ1) is 10.4. The minimum atomic E-state index is -0.843. The van der Waals surface area contributed by atoms with Crippen LogP contribution >= 0.6 is 23.4 Å². The van der Waals surface area contributed by atoms with Gasteiger partial charge in [0.1, 0.15) is 22.9 Å². The largest absolute Gasteiger partial charge is 0.480 e. The second-order valence-electron chi connectivity index (χ2n) is 5.75. The SMILES string of the molecule is CC1(C)SC(c2ccc(-c3ccc(Cl)cc3)o2)NC1C(=O)O. The van der Waals surface area contributed by atoms with Gasteiger partial charge in [0.2, 0.25) is 0 Å². The van der Waals surface area contributed by atoms with Crippen LogP contribution in [0.4, 0.5) is 0 Å². The zero-order chi connectivity index (χ0) is 15.9. The molecule has 4 nitrogen and oxygen atoms in total. The highest BCUT2D eigenvalue weighted by molar-refractivity contribution is 8.01. The van der Waals surface area contributed by atoms with Gasteiger partial charge in [0.25, 0.3) is 0 Å². The van der Waals surface area contributed by atoms with Crippen molar-refractivity contribution >= 4 is 29.3 Å². The first-order valence-electron chi connectivity index (χ1n) is 6.89. The van der Waals surface area contributed by atoms with Crippen LogP contribution in [0, 0.1) is 0 Å². The third kappa shape index (κ3) is 2.89. The molecule has 0 bridgehead atoms. The van der Waals surface area contributed by atoms with E-state index in [0.717, 1.165) is 17.1 Å². The highest BCUT2D eigenvalue weighted by Crippen LogP contribution is 2.46. The van der Waals surface area contributed by atoms with Gasteiger partial charge in [-0.25, -0.2) is 0 Å². The number of nitrogens with one attached hydrogen (secondary N) is 1. The smallest absolute Gasteiger partial charge is 0.322 e. The van der Waals surface area contributed by atoms with Crippen LogP contribution in [0.15, 0.2) is 40.8 Å². The van der Waals surface area contributed by atoms with E-state index >= 15 is 0 Å². The maximum Gasteiger partial charge on any atom is 0.322 e. The summed E-state index contributed by atoms with van der Waals surface area (Å²) in [7, 11) is 0. The summed E-state index contributed by atoms with van der Waals surface area (Å²) in [5.74, 6) is 0.627. The topological polar surface area (TPSA) is 62.5 Å². The van der Waals surface area contributed by atoms with Gasteiger partial charge >= 0.3 is 5.97 Å². The van der Waals surface area contributed by atoms with Crippen molar-refractivity contribution in [3.8, 4) is 11.3 Å². The molecule has 6 heteroatoms. The fourth-order valence-corrected chi connectivity index (χ4v) is 4.02. The van der Waals surface area contributed by atoms with Crippen LogP contribution in [-0.2, 0) is 4.79 Å². The minimum Gasteiger partial charge on any atom is -0.480 e. The van der Waals surface area contributed by atoms with Gasteiger partial charge in [0.15, 0.2) is 0 Å². The van der Waals surface area contributed by atoms with Crippen molar-refractivity contribution in [2.24, 2.45) is 0 Å². The van der Waals surface area contributed by atoms with Crippen LogP contribution < -0.4 is 5.32 Å². The van der Waals surface area contributed by atoms with Crippen molar-refractivity contribution in [3.05, 3.63) is 47.2 Å². The lowest BCUT2D eigenvalue weighted by atomic mass is 10.0. The summed E-state index contributed by atoms with van der Waals surface area (Å²) in [4.78, 5) is 11.3. The summed E-state index contributed by atoms with van der Waals surface area (Å²) in [6, 6.07) is 10.6. The van der Waals surface area contributed by atoms with Crippen LogP contribution in [0.1, 0.15) is 25.0 Å². The molecule has 1 fully saturated rings. The molecule has 2 N–H and O–H groups in total. The van der Waals surface area contributed by atoms with Gasteiger partial charge in [-0.2, -0.15) is 0 Å². The number of hydrogen-bond donors (Lipinski definition) is 2. The standard InChI is InChI=1S/C16H16ClNO3S/c1-16(2)13(15(19)20)18-14(22-16)12-8-7-11(21-12)9-3-5-10(17)6-4-9/h3-8,13-14,18H,1-2H3,(H,19,20). The minimum absolute atomic E-state index is 0.169. The number of thioether (sulfide) groups is 1. The van der Waals surface area contributed by atoms with Gasteiger partial charge in [-0.3, -0.25) is 10.1 Å². The van der Waals surface area contributed by atoms with E-state index in [2.05, 4.69) is 5.32 Å². The fraction of sp³-hybridized carbons (Fsp3) is 0.312. The summed E-state index contributed by atoms with van der Waals surface area (Å²) in [5, 5.41) is 12.9. The van der Waals surface area contributed by atoms with Gasteiger partial charge < -0.3 is 9.52 Å². The molecule has 0 spiro atoms. The van der Waals surface area contributed by atoms with E-state index in [-0.39, 0.29) is 5.37 Å². The highest BCUT2D eigenvalue weighted by atomic mass is 35.5. The predicted molar refractivity (Wildman–Crippen MR) is 88.1 cm³/mol. The zero-order valence-electron chi connectivity index (χ0n) is 12.2. The lowest BCUT2D eigenvalue weighted by Gasteiger charge is -2.20. The number of rotatable bonds is 3. The predicted octanol–water partition coefficient (Wildman–Crippen LogP) is 4.17. The third-order valence-corrected chi connectivity index (χ3v) is 5.39. The van der Waals surface area contributed by atoms with E-state index in [1.165, 1.54) is 0 Å². The Bertz CT molecular complexity index is 696. The molecule has 0 radical (unpaired) electrons. The number of furan rings is 1. The quantitative estimate of drug-likeness (QED) is 0.880. The van der Waals surface area contributed by atoms with Crippen LogP contribution in [-0.4, -0.2) is 21.9 Å². The van der Waals surface area contributed by atoms with Crippen molar-refractivity contribution in [2.75, 3.05) is 0 Å². The molecule has 0 amide bonds. The Morgan fingerprint density at radius 1 is 1.27 bits per heavy atom. The lowest BCUT2D eigenvalue weighted by molar-refractivity contribution is -0.139. The molecule has 22 heavy (non-hydrogen) atoms. The number of carboxylic acids is 1. The number of aliphatic carboxylic acids is 1. The Balaban J connectivity index is 1.83. The first kappa shape index (κ1) is 15.5. The van der Waals surface area contributed by atoms with Gasteiger partial charge in [0, 0.05) is 15.3 Å². The summed E-state index contributed by atoms with van der Waals surface area (Å²) in [5.41, 5.74) is 0.938. The average molecular weight is 338 g/mol. The molecule has 2 aromatic rings. The molecule has 2 atom stereocenters. The number of benzene rings is 1. The van der Waals surface area contributed by atoms with Crippen molar-refractivity contribution in [1.82, 2.24) is 5.32 Å². The molecule has 0 aliphatic carbocycles. The Morgan fingerprint density at radius 3 is 2.55 bits per heavy atom.